The predicted octanol–water partition coefficient (Wildman–Crippen LogP) is 0.430. The van der Waals surface area contributed by atoms with E-state index in [1.807, 2.05) is 0 Å². The third kappa shape index (κ3) is 6.57. The summed E-state index contributed by atoms with van der Waals surface area (Å²) in [7, 11) is 1.59. The van der Waals surface area contributed by atoms with Gasteiger partial charge in [-0.3, -0.25) is 0 Å². The lowest BCUT2D eigenvalue weighted by Gasteiger charge is -2.20. The van der Waals surface area contributed by atoms with Gasteiger partial charge in [0.1, 0.15) is 6.04 Å². The Kier molecular flexibility index (Phi) is 7.79. The Balaban J connectivity index is 4.10. The van der Waals surface area contributed by atoms with Crippen molar-refractivity contribution in [1.29, 1.82) is 0 Å². The van der Waals surface area contributed by atoms with Gasteiger partial charge in [-0.1, -0.05) is 6.08 Å². The number of carboxylic acid groups (broad SMARTS) is 1. The van der Waals surface area contributed by atoms with E-state index >= 15 is 0 Å². The number of carbonyl (C=O) groups is 2. The van der Waals surface area contributed by atoms with Gasteiger partial charge < -0.3 is 20.4 Å². The molecule has 98 valence electrons. The number of rotatable bonds is 8. The van der Waals surface area contributed by atoms with Crippen LogP contribution in [0, 0.1) is 0 Å². The zero-order valence-corrected chi connectivity index (χ0v) is 10.1. The maximum Gasteiger partial charge on any atom is 0.326 e. The number of nitrogens with zero attached hydrogens (tertiary/aromatic N) is 1. The second-order valence-electron chi connectivity index (χ2n) is 3.71. The van der Waals surface area contributed by atoms with E-state index in [-0.39, 0.29) is 13.0 Å². The lowest BCUT2D eigenvalue weighted by atomic mass is 10.2. The summed E-state index contributed by atoms with van der Waals surface area (Å²) in [6.45, 7) is 3.82. The van der Waals surface area contributed by atoms with Crippen LogP contribution >= 0.6 is 0 Å². The average Bonchev–Trinajstić information content (AvgIpc) is 2.28. The summed E-state index contributed by atoms with van der Waals surface area (Å²) in [4.78, 5) is 23.7. The molecule has 0 aliphatic heterocycles. The number of nitrogens with one attached hydrogen (secondary N) is 1. The summed E-state index contributed by atoms with van der Waals surface area (Å²) in [6.07, 6.45) is 3.35. The monoisotopic (exact) mass is 244 g/mol. The Morgan fingerprint density at radius 3 is 2.65 bits per heavy atom. The van der Waals surface area contributed by atoms with Crippen LogP contribution in [0.1, 0.15) is 19.3 Å². The van der Waals surface area contributed by atoms with E-state index in [9.17, 15) is 9.59 Å². The molecule has 0 bridgehead atoms. The smallest absolute Gasteiger partial charge is 0.326 e. The molecule has 6 nitrogen and oxygen atoms in total. The van der Waals surface area contributed by atoms with E-state index in [0.29, 0.717) is 6.54 Å². The molecule has 0 aromatic heterocycles. The van der Waals surface area contributed by atoms with Crippen LogP contribution < -0.4 is 5.32 Å². The van der Waals surface area contributed by atoms with Crippen LogP contribution in [0.4, 0.5) is 4.79 Å². The van der Waals surface area contributed by atoms with E-state index in [0.717, 1.165) is 12.8 Å². The number of hydrogen-bond acceptors (Lipinski definition) is 3. The maximum absolute atomic E-state index is 11.6. The number of unbranched alkanes of at least 4 members (excludes halogenated alkanes) is 1. The highest BCUT2D eigenvalue weighted by molar-refractivity contribution is 5.82. The second-order valence-corrected chi connectivity index (χ2v) is 3.71. The number of aliphatic carboxylic acids is 1. The first kappa shape index (κ1) is 15.4. The van der Waals surface area contributed by atoms with Gasteiger partial charge in [-0.15, -0.1) is 6.58 Å². The number of carboxylic acids is 1. The van der Waals surface area contributed by atoms with Crippen molar-refractivity contribution in [3.63, 3.8) is 0 Å². The molecule has 0 fully saturated rings. The third-order valence-corrected chi connectivity index (χ3v) is 2.26. The molecule has 0 aromatic carbocycles. The predicted molar refractivity (Wildman–Crippen MR) is 63.7 cm³/mol. The van der Waals surface area contributed by atoms with Gasteiger partial charge in [0.2, 0.25) is 0 Å². The number of carbonyl (C=O) groups excluding carboxylic acids is 1. The molecule has 0 aliphatic carbocycles. The van der Waals surface area contributed by atoms with Gasteiger partial charge in [0.15, 0.2) is 0 Å². The standard InChI is InChI=1S/C11H20N2O4/c1-3-4-5-7-13(2)11(17)12-9(6-8-14)10(15)16/h3,9,14H,1,4-8H2,2H3,(H,12,17)(H,15,16)/t9-/m0/s1. The highest BCUT2D eigenvalue weighted by Crippen LogP contribution is 1.97. The molecule has 0 rings (SSSR count). The van der Waals surface area contributed by atoms with Gasteiger partial charge in [-0.25, -0.2) is 9.59 Å². The van der Waals surface area contributed by atoms with Crippen LogP contribution in [-0.4, -0.2) is 53.4 Å². The van der Waals surface area contributed by atoms with Crippen LogP contribution in [0.2, 0.25) is 0 Å². The van der Waals surface area contributed by atoms with Crippen LogP contribution in [0.25, 0.3) is 0 Å². The Morgan fingerprint density at radius 1 is 1.53 bits per heavy atom. The minimum absolute atomic E-state index is 0.00156. The zero-order chi connectivity index (χ0) is 13.3. The number of amides is 2. The largest absolute Gasteiger partial charge is 0.480 e. The molecule has 0 radical (unpaired) electrons. The molecule has 0 spiro atoms. The Bertz CT molecular complexity index is 268. The van der Waals surface area contributed by atoms with Gasteiger partial charge in [0.25, 0.3) is 0 Å². The van der Waals surface area contributed by atoms with Gasteiger partial charge in [-0.05, 0) is 12.8 Å². The van der Waals surface area contributed by atoms with Crippen LogP contribution in [0.15, 0.2) is 12.7 Å². The quantitative estimate of drug-likeness (QED) is 0.426. The Hall–Kier alpha value is -1.56. The van der Waals surface area contributed by atoms with Crippen molar-refractivity contribution in [2.24, 2.45) is 0 Å². The number of urea groups is 1. The molecule has 0 unspecified atom stereocenters. The summed E-state index contributed by atoms with van der Waals surface area (Å²) in [5.74, 6) is -1.15. The number of aliphatic hydroxyl groups is 1. The Morgan fingerprint density at radius 2 is 2.18 bits per heavy atom. The molecule has 1 atom stereocenters. The lowest BCUT2D eigenvalue weighted by molar-refractivity contribution is -0.139. The third-order valence-electron chi connectivity index (χ3n) is 2.26. The van der Waals surface area contributed by atoms with Crippen LogP contribution in [-0.2, 0) is 4.79 Å². The fourth-order valence-electron chi connectivity index (χ4n) is 1.22. The fourth-order valence-corrected chi connectivity index (χ4v) is 1.22. The second kappa shape index (κ2) is 8.58. The highest BCUT2D eigenvalue weighted by Gasteiger charge is 2.20. The maximum atomic E-state index is 11.6. The van der Waals surface area contributed by atoms with Crippen molar-refractivity contribution >= 4 is 12.0 Å². The fraction of sp³-hybridized carbons (Fsp3) is 0.636. The number of allylic oxidation sites excluding steroid dienone is 1. The van der Waals surface area contributed by atoms with Crippen LogP contribution in [0.3, 0.4) is 0 Å². The van der Waals surface area contributed by atoms with E-state index in [1.165, 1.54) is 4.90 Å². The Labute approximate surface area is 101 Å². The van der Waals surface area contributed by atoms with Crippen LogP contribution in [0.5, 0.6) is 0 Å². The first-order chi connectivity index (χ1) is 8.02. The van der Waals surface area contributed by atoms with E-state index in [4.69, 9.17) is 10.2 Å². The highest BCUT2D eigenvalue weighted by atomic mass is 16.4. The molecule has 6 heteroatoms. The van der Waals surface area contributed by atoms with Crippen molar-refractivity contribution in [3.05, 3.63) is 12.7 Å². The topological polar surface area (TPSA) is 89.9 Å². The van der Waals surface area contributed by atoms with Gasteiger partial charge >= 0.3 is 12.0 Å². The molecule has 0 saturated heterocycles. The van der Waals surface area contributed by atoms with E-state index in [1.54, 1.807) is 13.1 Å². The molecule has 17 heavy (non-hydrogen) atoms. The molecule has 0 saturated carbocycles. The first-order valence-electron chi connectivity index (χ1n) is 5.49. The number of aliphatic hydroxyl groups excluding tert-OH is 1. The van der Waals surface area contributed by atoms with E-state index < -0.39 is 18.0 Å². The van der Waals surface area contributed by atoms with Crippen molar-refractivity contribution < 1.29 is 19.8 Å². The molecule has 3 N–H and O–H groups in total. The van der Waals surface area contributed by atoms with Crippen molar-refractivity contribution in [3.8, 4) is 0 Å². The molecular weight excluding hydrogens is 224 g/mol. The zero-order valence-electron chi connectivity index (χ0n) is 10.1. The van der Waals surface area contributed by atoms with Gasteiger partial charge in [0.05, 0.1) is 0 Å². The summed E-state index contributed by atoms with van der Waals surface area (Å²) in [5.41, 5.74) is 0. The van der Waals surface area contributed by atoms with Gasteiger partial charge in [-0.2, -0.15) is 0 Å². The van der Waals surface area contributed by atoms with Crippen molar-refractivity contribution in [2.45, 2.75) is 25.3 Å². The van der Waals surface area contributed by atoms with Gasteiger partial charge in [0, 0.05) is 26.6 Å². The lowest BCUT2D eigenvalue weighted by Crippen LogP contribution is -2.47. The first-order valence-corrected chi connectivity index (χ1v) is 5.49. The minimum Gasteiger partial charge on any atom is -0.480 e. The summed E-state index contributed by atoms with van der Waals surface area (Å²) in [6, 6.07) is -1.50. The van der Waals surface area contributed by atoms with Crippen molar-refractivity contribution in [2.75, 3.05) is 20.2 Å². The summed E-state index contributed by atoms with van der Waals surface area (Å²) in [5, 5.41) is 19.8. The van der Waals surface area contributed by atoms with Crippen molar-refractivity contribution in [1.82, 2.24) is 10.2 Å². The molecule has 0 heterocycles. The molecule has 0 aromatic rings. The molecular formula is C11H20N2O4. The average molecular weight is 244 g/mol. The van der Waals surface area contributed by atoms with E-state index in [2.05, 4.69) is 11.9 Å². The summed E-state index contributed by atoms with van der Waals surface area (Å²) >= 11 is 0. The number of hydrogen-bond donors (Lipinski definition) is 3. The minimum atomic E-state index is -1.15. The molecule has 2 amide bonds. The molecule has 0 aliphatic rings. The SMILES string of the molecule is C=CCCCN(C)C(=O)N[C@@H](CCO)C(=O)O. The summed E-state index contributed by atoms with van der Waals surface area (Å²) < 4.78 is 0. The normalized spacial score (nSPS) is 11.6.